The van der Waals surface area contributed by atoms with Crippen LogP contribution in [-0.4, -0.2) is 52.3 Å². The van der Waals surface area contributed by atoms with Gasteiger partial charge in [-0.2, -0.15) is 0 Å². The molecule has 6 heteroatoms. The van der Waals surface area contributed by atoms with Crippen LogP contribution < -0.4 is 5.73 Å². The fraction of sp³-hybridized carbons (Fsp3) is 1.00. The Balaban J connectivity index is 2.67. The number of hydrogen-bond acceptors (Lipinski definition) is 4. The Kier molecular flexibility index (Phi) is 4.11. The van der Waals surface area contributed by atoms with Crippen LogP contribution in [0.2, 0.25) is 0 Å². The van der Waals surface area contributed by atoms with E-state index in [2.05, 4.69) is 0 Å². The molecule has 1 aliphatic rings. The second-order valence-corrected chi connectivity index (χ2v) is 6.42. The molecular weight excluding hydrogens is 216 g/mol. The minimum absolute atomic E-state index is 0.101. The predicted octanol–water partition coefficient (Wildman–Crippen LogP) is -0.367. The van der Waals surface area contributed by atoms with E-state index < -0.39 is 10.0 Å². The molecular formula is C9H20N2O3S. The summed E-state index contributed by atoms with van der Waals surface area (Å²) in [7, 11) is -1.51. The number of sulfonamides is 1. The number of ether oxygens (including phenoxy) is 1. The summed E-state index contributed by atoms with van der Waals surface area (Å²) in [5.41, 5.74) is 5.65. The molecule has 15 heavy (non-hydrogen) atoms. The van der Waals surface area contributed by atoms with Crippen molar-refractivity contribution in [2.45, 2.75) is 12.8 Å². The third kappa shape index (κ3) is 3.41. The van der Waals surface area contributed by atoms with Crippen LogP contribution in [0.1, 0.15) is 12.8 Å². The molecule has 0 spiro atoms. The Morgan fingerprint density at radius 1 is 1.40 bits per heavy atom. The van der Waals surface area contributed by atoms with Crippen LogP contribution in [0.5, 0.6) is 0 Å². The molecule has 0 bridgehead atoms. The van der Waals surface area contributed by atoms with Gasteiger partial charge in [-0.1, -0.05) is 0 Å². The van der Waals surface area contributed by atoms with Gasteiger partial charge in [0.25, 0.3) is 0 Å². The van der Waals surface area contributed by atoms with E-state index >= 15 is 0 Å². The number of nitrogens with zero attached hydrogens (tertiary/aromatic N) is 1. The standard InChI is InChI=1S/C9H20N2O3S/c1-11(15(2,12)13)8-9(7-10)3-5-14-6-4-9/h3-8,10H2,1-2H3. The zero-order valence-electron chi connectivity index (χ0n) is 9.40. The van der Waals surface area contributed by atoms with E-state index in [4.69, 9.17) is 10.5 Å². The van der Waals surface area contributed by atoms with Crippen LogP contribution in [0.25, 0.3) is 0 Å². The Hall–Kier alpha value is -0.170. The van der Waals surface area contributed by atoms with E-state index in [1.807, 2.05) is 0 Å². The normalized spacial score (nSPS) is 21.9. The highest BCUT2D eigenvalue weighted by atomic mass is 32.2. The maximum absolute atomic E-state index is 11.3. The van der Waals surface area contributed by atoms with Crippen molar-refractivity contribution in [3.63, 3.8) is 0 Å². The second-order valence-electron chi connectivity index (χ2n) is 4.34. The van der Waals surface area contributed by atoms with Crippen LogP contribution in [0.4, 0.5) is 0 Å². The van der Waals surface area contributed by atoms with Gasteiger partial charge >= 0.3 is 0 Å². The first kappa shape index (κ1) is 12.9. The fourth-order valence-electron chi connectivity index (χ4n) is 1.82. The van der Waals surface area contributed by atoms with Crippen LogP contribution in [-0.2, 0) is 14.8 Å². The van der Waals surface area contributed by atoms with Crippen molar-refractivity contribution in [2.75, 3.05) is 39.6 Å². The molecule has 0 aromatic heterocycles. The highest BCUT2D eigenvalue weighted by molar-refractivity contribution is 7.88. The lowest BCUT2D eigenvalue weighted by Crippen LogP contribution is -2.46. The summed E-state index contributed by atoms with van der Waals surface area (Å²) < 4.78 is 29.3. The average Bonchev–Trinajstić information content (AvgIpc) is 2.18. The monoisotopic (exact) mass is 236 g/mol. The number of rotatable bonds is 4. The van der Waals surface area contributed by atoms with Crippen LogP contribution in [0.3, 0.4) is 0 Å². The molecule has 0 atom stereocenters. The summed E-state index contributed by atoms with van der Waals surface area (Å²) in [5, 5.41) is 0. The zero-order valence-corrected chi connectivity index (χ0v) is 10.2. The van der Waals surface area contributed by atoms with E-state index in [1.54, 1.807) is 7.05 Å². The van der Waals surface area contributed by atoms with Crippen molar-refractivity contribution in [3.05, 3.63) is 0 Å². The van der Waals surface area contributed by atoms with Gasteiger partial charge in [0.2, 0.25) is 10.0 Å². The lowest BCUT2D eigenvalue weighted by Gasteiger charge is -2.38. The number of nitrogens with two attached hydrogens (primary N) is 1. The Labute approximate surface area is 91.6 Å². The van der Waals surface area contributed by atoms with E-state index in [1.165, 1.54) is 10.6 Å². The van der Waals surface area contributed by atoms with Crippen molar-refractivity contribution in [3.8, 4) is 0 Å². The Bertz CT molecular complexity index is 296. The number of hydrogen-bond donors (Lipinski definition) is 1. The first-order chi connectivity index (χ1) is 6.90. The lowest BCUT2D eigenvalue weighted by molar-refractivity contribution is 0.0125. The molecule has 0 unspecified atom stereocenters. The Morgan fingerprint density at radius 2 is 1.93 bits per heavy atom. The van der Waals surface area contributed by atoms with Crippen LogP contribution in [0.15, 0.2) is 0 Å². The molecule has 0 aromatic rings. The molecule has 1 fully saturated rings. The molecule has 0 amide bonds. The van der Waals surface area contributed by atoms with Crippen LogP contribution in [0, 0.1) is 5.41 Å². The average molecular weight is 236 g/mol. The Morgan fingerprint density at radius 3 is 2.33 bits per heavy atom. The van der Waals surface area contributed by atoms with Gasteiger partial charge in [0.1, 0.15) is 0 Å². The topological polar surface area (TPSA) is 72.6 Å². The van der Waals surface area contributed by atoms with Gasteiger partial charge in [-0.05, 0) is 19.4 Å². The van der Waals surface area contributed by atoms with Gasteiger partial charge < -0.3 is 10.5 Å². The summed E-state index contributed by atoms with van der Waals surface area (Å²) in [6.07, 6.45) is 2.89. The highest BCUT2D eigenvalue weighted by Gasteiger charge is 2.34. The molecule has 0 radical (unpaired) electrons. The molecule has 0 aromatic carbocycles. The van der Waals surface area contributed by atoms with E-state index in [-0.39, 0.29) is 5.41 Å². The maximum Gasteiger partial charge on any atom is 0.210 e. The van der Waals surface area contributed by atoms with Gasteiger partial charge in [-0.15, -0.1) is 0 Å². The molecule has 1 heterocycles. The molecule has 0 aliphatic carbocycles. The maximum atomic E-state index is 11.3. The van der Waals surface area contributed by atoms with Gasteiger partial charge in [-0.3, -0.25) is 0 Å². The lowest BCUT2D eigenvalue weighted by atomic mass is 9.80. The van der Waals surface area contributed by atoms with Gasteiger partial charge in [-0.25, -0.2) is 12.7 Å². The SMILES string of the molecule is CN(CC1(CN)CCOCC1)S(C)(=O)=O. The summed E-state index contributed by atoms with van der Waals surface area (Å²) in [6, 6.07) is 0. The first-order valence-corrected chi connectivity index (χ1v) is 6.94. The van der Waals surface area contributed by atoms with Crippen molar-refractivity contribution < 1.29 is 13.2 Å². The van der Waals surface area contributed by atoms with Gasteiger partial charge in [0, 0.05) is 32.2 Å². The summed E-state index contributed by atoms with van der Waals surface area (Å²) in [4.78, 5) is 0. The molecule has 1 aliphatic heterocycles. The van der Waals surface area contributed by atoms with Crippen molar-refractivity contribution in [1.82, 2.24) is 4.31 Å². The van der Waals surface area contributed by atoms with Gasteiger partial charge in [0.15, 0.2) is 0 Å². The second kappa shape index (κ2) is 4.78. The minimum atomic E-state index is -3.11. The molecule has 1 saturated heterocycles. The molecule has 0 saturated carbocycles. The predicted molar refractivity (Wildman–Crippen MR) is 59.0 cm³/mol. The molecule has 1 rings (SSSR count). The molecule has 2 N–H and O–H groups in total. The van der Waals surface area contributed by atoms with E-state index in [0.29, 0.717) is 26.3 Å². The minimum Gasteiger partial charge on any atom is -0.381 e. The first-order valence-electron chi connectivity index (χ1n) is 5.09. The highest BCUT2D eigenvalue weighted by Crippen LogP contribution is 2.30. The van der Waals surface area contributed by atoms with E-state index in [0.717, 1.165) is 12.8 Å². The molecule has 5 nitrogen and oxygen atoms in total. The third-order valence-electron chi connectivity index (χ3n) is 3.11. The summed E-state index contributed by atoms with van der Waals surface area (Å²) in [5.74, 6) is 0. The van der Waals surface area contributed by atoms with Crippen LogP contribution >= 0.6 is 0 Å². The van der Waals surface area contributed by atoms with Gasteiger partial charge in [0.05, 0.1) is 6.26 Å². The van der Waals surface area contributed by atoms with Crippen molar-refractivity contribution >= 4 is 10.0 Å². The smallest absolute Gasteiger partial charge is 0.210 e. The quantitative estimate of drug-likeness (QED) is 0.723. The van der Waals surface area contributed by atoms with Crippen molar-refractivity contribution in [2.24, 2.45) is 11.1 Å². The van der Waals surface area contributed by atoms with E-state index in [9.17, 15) is 8.42 Å². The largest absolute Gasteiger partial charge is 0.381 e. The summed E-state index contributed by atoms with van der Waals surface area (Å²) in [6.45, 7) is 2.35. The third-order valence-corrected chi connectivity index (χ3v) is 4.37. The molecule has 90 valence electrons. The fourth-order valence-corrected chi connectivity index (χ4v) is 2.33. The zero-order chi connectivity index (χ0) is 11.5. The summed E-state index contributed by atoms with van der Waals surface area (Å²) >= 11 is 0. The van der Waals surface area contributed by atoms with Crippen molar-refractivity contribution in [1.29, 1.82) is 0 Å².